The first kappa shape index (κ1) is 32.5. The van der Waals surface area contributed by atoms with Gasteiger partial charge in [0.25, 0.3) is 0 Å². The fourth-order valence-electron chi connectivity index (χ4n) is 7.90. The summed E-state index contributed by atoms with van der Waals surface area (Å²) < 4.78 is 2.47. The molecule has 8 aromatic carbocycles. The highest BCUT2D eigenvalue weighted by Crippen LogP contribution is 2.42. The van der Waals surface area contributed by atoms with Gasteiger partial charge >= 0.3 is 0 Å². The van der Waals surface area contributed by atoms with Gasteiger partial charge in [-0.05, 0) is 107 Å². The maximum atomic E-state index is 2.47. The predicted molar refractivity (Wildman–Crippen MR) is 227 cm³/mol. The van der Waals surface area contributed by atoms with Gasteiger partial charge in [-0.15, -0.1) is 0 Å². The average Bonchev–Trinajstić information content (AvgIpc) is 3.57. The van der Waals surface area contributed by atoms with Crippen LogP contribution in [0.15, 0.2) is 188 Å². The van der Waals surface area contributed by atoms with Crippen LogP contribution < -0.4 is 4.90 Å². The zero-order valence-corrected chi connectivity index (χ0v) is 30.1. The molecule has 0 bridgehead atoms. The van der Waals surface area contributed by atoms with Crippen molar-refractivity contribution in [2.24, 2.45) is 0 Å². The van der Waals surface area contributed by atoms with Crippen molar-refractivity contribution in [1.82, 2.24) is 4.57 Å². The van der Waals surface area contributed by atoms with Gasteiger partial charge in [-0.1, -0.05) is 147 Å². The maximum absolute atomic E-state index is 2.47. The monoisotopic (exact) mass is 682 g/mol. The molecule has 0 aliphatic rings. The van der Waals surface area contributed by atoms with Crippen LogP contribution in [-0.4, -0.2) is 4.57 Å². The van der Waals surface area contributed by atoms with E-state index in [0.717, 1.165) is 23.5 Å². The summed E-state index contributed by atoms with van der Waals surface area (Å²) in [7, 11) is 0. The third-order valence-corrected chi connectivity index (χ3v) is 10.6. The lowest BCUT2D eigenvalue weighted by molar-refractivity contribution is 0.718. The van der Waals surface area contributed by atoms with Crippen molar-refractivity contribution in [3.63, 3.8) is 0 Å². The quantitative estimate of drug-likeness (QED) is 0.130. The van der Waals surface area contributed by atoms with E-state index in [-0.39, 0.29) is 0 Å². The molecular weight excluding hydrogens is 641 g/mol. The first-order chi connectivity index (χ1) is 26.2. The van der Waals surface area contributed by atoms with Crippen molar-refractivity contribution >= 4 is 49.6 Å². The lowest BCUT2D eigenvalue weighted by atomic mass is 10.0. The summed E-state index contributed by atoms with van der Waals surface area (Å²) in [5, 5.41) is 5.06. The SMILES string of the molecule is CCCCCc1ccc2c(c1)c1ccc3ccc(N(c4ccc(-c5ccccc5)cc4)c4ccc(-c5ccccc5)cc4)cc3c1n2-c1ccccc1. The number of hydrogen-bond acceptors (Lipinski definition) is 1. The second-order valence-corrected chi connectivity index (χ2v) is 14.0. The summed E-state index contributed by atoms with van der Waals surface area (Å²) in [5.74, 6) is 0. The summed E-state index contributed by atoms with van der Waals surface area (Å²) >= 11 is 0. The Labute approximate surface area is 312 Å². The normalized spacial score (nSPS) is 11.4. The van der Waals surface area contributed by atoms with E-state index in [1.54, 1.807) is 0 Å². The summed E-state index contributed by atoms with van der Waals surface area (Å²) in [4.78, 5) is 2.39. The van der Waals surface area contributed by atoms with Gasteiger partial charge in [0.15, 0.2) is 0 Å². The lowest BCUT2D eigenvalue weighted by Gasteiger charge is -2.26. The van der Waals surface area contributed by atoms with Gasteiger partial charge in [-0.3, -0.25) is 0 Å². The van der Waals surface area contributed by atoms with E-state index in [0.29, 0.717) is 0 Å². The fourth-order valence-corrected chi connectivity index (χ4v) is 7.90. The van der Waals surface area contributed by atoms with Crippen LogP contribution >= 0.6 is 0 Å². The third-order valence-electron chi connectivity index (χ3n) is 10.6. The molecule has 1 heterocycles. The molecule has 53 heavy (non-hydrogen) atoms. The van der Waals surface area contributed by atoms with Crippen molar-refractivity contribution in [3.8, 4) is 27.9 Å². The second-order valence-electron chi connectivity index (χ2n) is 14.0. The molecule has 2 nitrogen and oxygen atoms in total. The van der Waals surface area contributed by atoms with Gasteiger partial charge in [0.1, 0.15) is 0 Å². The number of nitrogens with zero attached hydrogens (tertiary/aromatic N) is 2. The van der Waals surface area contributed by atoms with Crippen LogP contribution in [0.25, 0.3) is 60.5 Å². The molecule has 9 aromatic rings. The van der Waals surface area contributed by atoms with Crippen LogP contribution in [0, 0.1) is 0 Å². The molecular formula is C51H42N2. The molecule has 0 fully saturated rings. The molecule has 0 amide bonds. The van der Waals surface area contributed by atoms with Gasteiger partial charge in [0.05, 0.1) is 11.0 Å². The zero-order valence-electron chi connectivity index (χ0n) is 30.1. The molecule has 0 saturated carbocycles. The lowest BCUT2D eigenvalue weighted by Crippen LogP contribution is -2.10. The largest absolute Gasteiger partial charge is 0.310 e. The highest BCUT2D eigenvalue weighted by Gasteiger charge is 2.19. The smallest absolute Gasteiger partial charge is 0.0620 e. The summed E-state index contributed by atoms with van der Waals surface area (Å²) in [5.41, 5.74) is 13.3. The van der Waals surface area contributed by atoms with Crippen LogP contribution in [0.1, 0.15) is 31.7 Å². The van der Waals surface area contributed by atoms with Gasteiger partial charge < -0.3 is 9.47 Å². The van der Waals surface area contributed by atoms with E-state index >= 15 is 0 Å². The Hall–Kier alpha value is -6.38. The van der Waals surface area contributed by atoms with Gasteiger partial charge in [0, 0.05) is 38.9 Å². The van der Waals surface area contributed by atoms with Crippen molar-refractivity contribution in [3.05, 3.63) is 194 Å². The number of aromatic nitrogens is 1. The predicted octanol–water partition coefficient (Wildman–Crippen LogP) is 14.5. The number of rotatable bonds is 10. The first-order valence-corrected chi connectivity index (χ1v) is 18.9. The first-order valence-electron chi connectivity index (χ1n) is 18.9. The minimum absolute atomic E-state index is 1.11. The Kier molecular flexibility index (Phi) is 8.79. The molecule has 0 radical (unpaired) electrons. The van der Waals surface area contributed by atoms with Gasteiger partial charge in [-0.2, -0.15) is 0 Å². The van der Waals surface area contributed by atoms with Crippen LogP contribution in [0.5, 0.6) is 0 Å². The number of hydrogen-bond donors (Lipinski definition) is 0. The van der Waals surface area contributed by atoms with Gasteiger partial charge in [0.2, 0.25) is 0 Å². The molecule has 0 atom stereocenters. The molecule has 0 unspecified atom stereocenters. The average molecular weight is 683 g/mol. The highest BCUT2D eigenvalue weighted by molar-refractivity contribution is 6.19. The molecule has 0 saturated heterocycles. The van der Waals surface area contributed by atoms with Crippen LogP contribution in [-0.2, 0) is 6.42 Å². The highest BCUT2D eigenvalue weighted by atomic mass is 15.1. The van der Waals surface area contributed by atoms with Crippen LogP contribution in [0.3, 0.4) is 0 Å². The standard InChI is InChI=1S/C51H42N2/c1-2-3-7-14-37-21-34-50-49(35-37)47-33-27-42-26-32-46(36-48(42)51(47)53(50)43-19-12-6-13-20-43)52(44-28-22-40(23-29-44)38-15-8-4-9-16-38)45-30-24-41(25-31-45)39-17-10-5-11-18-39/h4-6,8-13,15-36H,2-3,7,14H2,1H3. The van der Waals surface area contributed by atoms with E-state index in [1.807, 2.05) is 0 Å². The molecule has 9 rings (SSSR count). The van der Waals surface area contributed by atoms with E-state index < -0.39 is 0 Å². The summed E-state index contributed by atoms with van der Waals surface area (Å²) in [6.45, 7) is 2.27. The Bertz CT molecular complexity index is 2560. The summed E-state index contributed by atoms with van der Waals surface area (Å²) in [6, 6.07) is 68.7. The molecule has 2 heteroatoms. The number of anilines is 3. The Balaban J connectivity index is 1.24. The number of benzene rings is 8. The van der Waals surface area contributed by atoms with Crippen molar-refractivity contribution in [2.45, 2.75) is 32.6 Å². The number of para-hydroxylation sites is 1. The number of unbranched alkanes of at least 4 members (excludes halogenated alkanes) is 2. The van der Waals surface area contributed by atoms with E-state index in [2.05, 4.69) is 204 Å². The topological polar surface area (TPSA) is 8.17 Å². The van der Waals surface area contributed by atoms with E-state index in [9.17, 15) is 0 Å². The van der Waals surface area contributed by atoms with Crippen LogP contribution in [0.4, 0.5) is 17.1 Å². The molecule has 256 valence electrons. The number of aryl methyl sites for hydroxylation is 1. The van der Waals surface area contributed by atoms with E-state index in [1.165, 1.54) is 85.3 Å². The Morgan fingerprint density at radius 2 is 0.981 bits per heavy atom. The minimum atomic E-state index is 1.11. The zero-order chi connectivity index (χ0) is 35.6. The van der Waals surface area contributed by atoms with E-state index in [4.69, 9.17) is 0 Å². The number of fused-ring (bicyclic) bond motifs is 5. The molecule has 0 N–H and O–H groups in total. The molecule has 0 aliphatic carbocycles. The minimum Gasteiger partial charge on any atom is -0.310 e. The maximum Gasteiger partial charge on any atom is 0.0620 e. The fraction of sp³-hybridized carbons (Fsp3) is 0.0980. The van der Waals surface area contributed by atoms with Crippen molar-refractivity contribution < 1.29 is 0 Å². The van der Waals surface area contributed by atoms with Crippen LogP contribution in [0.2, 0.25) is 0 Å². The Morgan fingerprint density at radius 3 is 1.58 bits per heavy atom. The molecule has 0 aliphatic heterocycles. The summed E-state index contributed by atoms with van der Waals surface area (Å²) in [6.07, 6.45) is 4.83. The molecule has 0 spiro atoms. The van der Waals surface area contributed by atoms with Crippen molar-refractivity contribution in [2.75, 3.05) is 4.90 Å². The third kappa shape index (κ3) is 6.27. The second kappa shape index (κ2) is 14.3. The van der Waals surface area contributed by atoms with Crippen molar-refractivity contribution in [1.29, 1.82) is 0 Å². The van der Waals surface area contributed by atoms with Gasteiger partial charge in [-0.25, -0.2) is 0 Å². The Morgan fingerprint density at radius 1 is 0.434 bits per heavy atom. The molecule has 1 aromatic heterocycles.